The van der Waals surface area contributed by atoms with Crippen molar-refractivity contribution in [2.45, 2.75) is 19.4 Å². The average molecular weight is 419 g/mol. The molecule has 3 aromatic carbocycles. The first-order chi connectivity index (χ1) is 12.1. The molecule has 3 rings (SSSR count). The third-order valence-corrected chi connectivity index (χ3v) is 5.08. The van der Waals surface area contributed by atoms with Crippen molar-refractivity contribution in [3.63, 3.8) is 0 Å². The van der Waals surface area contributed by atoms with E-state index in [2.05, 4.69) is 21.2 Å². The highest BCUT2D eigenvalue weighted by Gasteiger charge is 2.19. The molecule has 0 aliphatic rings. The van der Waals surface area contributed by atoms with Crippen LogP contribution in [0.2, 0.25) is 5.02 Å². The van der Waals surface area contributed by atoms with Crippen molar-refractivity contribution in [2.75, 3.05) is 5.32 Å². The van der Waals surface area contributed by atoms with Crippen molar-refractivity contribution in [1.82, 2.24) is 0 Å². The minimum Gasteiger partial charge on any atom is -0.481 e. The van der Waals surface area contributed by atoms with Gasteiger partial charge in [0, 0.05) is 10.2 Å². The maximum atomic E-state index is 12.5. The largest absolute Gasteiger partial charge is 0.481 e. The van der Waals surface area contributed by atoms with Crippen LogP contribution in [-0.4, -0.2) is 12.0 Å². The van der Waals surface area contributed by atoms with Crippen LogP contribution in [0.25, 0.3) is 10.8 Å². The van der Waals surface area contributed by atoms with E-state index in [1.54, 1.807) is 18.2 Å². The van der Waals surface area contributed by atoms with Gasteiger partial charge in [0.1, 0.15) is 5.75 Å². The van der Waals surface area contributed by atoms with E-state index in [0.717, 1.165) is 15.2 Å². The second-order valence-corrected chi connectivity index (χ2v) is 6.90. The quantitative estimate of drug-likeness (QED) is 0.547. The van der Waals surface area contributed by atoms with E-state index in [9.17, 15) is 4.79 Å². The standard InChI is InChI=1S/C20H17BrClNO2/c1-2-19(20(24)23-15-8-10-17(21)18(22)12-15)25-16-9-7-13-5-3-4-6-14(13)11-16/h3-12,19H,2H2,1H3,(H,23,24)/t19-/m1/s1. The molecular weight excluding hydrogens is 402 g/mol. The lowest BCUT2D eigenvalue weighted by Gasteiger charge is -2.18. The maximum Gasteiger partial charge on any atom is 0.265 e. The summed E-state index contributed by atoms with van der Waals surface area (Å²) >= 11 is 9.40. The lowest BCUT2D eigenvalue weighted by Crippen LogP contribution is -2.32. The molecule has 0 saturated carbocycles. The number of rotatable bonds is 5. The number of nitrogens with one attached hydrogen (secondary N) is 1. The summed E-state index contributed by atoms with van der Waals surface area (Å²) in [5.74, 6) is 0.476. The van der Waals surface area contributed by atoms with Gasteiger partial charge < -0.3 is 10.1 Å². The molecule has 25 heavy (non-hydrogen) atoms. The van der Waals surface area contributed by atoms with Gasteiger partial charge in [-0.2, -0.15) is 0 Å². The lowest BCUT2D eigenvalue weighted by molar-refractivity contribution is -0.122. The number of carbonyl (C=O) groups is 1. The first-order valence-electron chi connectivity index (χ1n) is 7.98. The SMILES string of the molecule is CC[C@@H](Oc1ccc2ccccc2c1)C(=O)Nc1ccc(Br)c(Cl)c1. The van der Waals surface area contributed by atoms with Crippen LogP contribution in [0.5, 0.6) is 5.75 Å². The summed E-state index contributed by atoms with van der Waals surface area (Å²) in [6, 6.07) is 19.1. The molecule has 1 amide bonds. The summed E-state index contributed by atoms with van der Waals surface area (Å²) in [6.07, 6.45) is -0.0216. The molecule has 0 spiro atoms. The van der Waals surface area contributed by atoms with E-state index >= 15 is 0 Å². The molecule has 0 fully saturated rings. The Morgan fingerprint density at radius 3 is 2.60 bits per heavy atom. The van der Waals surface area contributed by atoms with Gasteiger partial charge in [0.2, 0.25) is 0 Å². The average Bonchev–Trinajstić information content (AvgIpc) is 2.62. The van der Waals surface area contributed by atoms with Gasteiger partial charge in [-0.15, -0.1) is 0 Å². The Hall–Kier alpha value is -2.04. The van der Waals surface area contributed by atoms with E-state index < -0.39 is 6.10 Å². The highest BCUT2D eigenvalue weighted by atomic mass is 79.9. The number of fused-ring (bicyclic) bond motifs is 1. The first kappa shape index (κ1) is 17.8. The molecule has 0 radical (unpaired) electrons. The number of hydrogen-bond acceptors (Lipinski definition) is 2. The number of anilines is 1. The monoisotopic (exact) mass is 417 g/mol. The first-order valence-corrected chi connectivity index (χ1v) is 9.15. The number of benzene rings is 3. The summed E-state index contributed by atoms with van der Waals surface area (Å²) < 4.78 is 6.69. The Kier molecular flexibility index (Phi) is 5.61. The Morgan fingerprint density at radius 2 is 1.88 bits per heavy atom. The van der Waals surface area contributed by atoms with Crippen molar-refractivity contribution in [3.05, 3.63) is 70.2 Å². The van der Waals surface area contributed by atoms with E-state index in [0.29, 0.717) is 22.9 Å². The predicted octanol–water partition coefficient (Wildman–Crippen LogP) is 6.05. The van der Waals surface area contributed by atoms with E-state index in [1.807, 2.05) is 49.4 Å². The fourth-order valence-electron chi connectivity index (χ4n) is 2.52. The molecule has 0 aliphatic carbocycles. The fraction of sp³-hybridized carbons (Fsp3) is 0.150. The molecule has 0 aromatic heterocycles. The lowest BCUT2D eigenvalue weighted by atomic mass is 10.1. The molecule has 0 aliphatic heterocycles. The van der Waals surface area contributed by atoms with Crippen LogP contribution in [0.15, 0.2) is 65.1 Å². The zero-order valence-corrected chi connectivity index (χ0v) is 16.0. The molecule has 3 nitrogen and oxygen atoms in total. The number of amides is 1. The molecule has 1 N–H and O–H groups in total. The van der Waals surface area contributed by atoms with Gasteiger partial charge in [0.15, 0.2) is 6.10 Å². The van der Waals surface area contributed by atoms with Gasteiger partial charge in [-0.25, -0.2) is 0 Å². The van der Waals surface area contributed by atoms with Gasteiger partial charge in [0.05, 0.1) is 5.02 Å². The number of ether oxygens (including phenoxy) is 1. The zero-order valence-electron chi connectivity index (χ0n) is 13.6. The van der Waals surface area contributed by atoms with Crippen LogP contribution < -0.4 is 10.1 Å². The fourth-order valence-corrected chi connectivity index (χ4v) is 2.95. The third-order valence-electron chi connectivity index (χ3n) is 3.85. The predicted molar refractivity (Wildman–Crippen MR) is 106 cm³/mol. The van der Waals surface area contributed by atoms with E-state index in [4.69, 9.17) is 16.3 Å². The van der Waals surface area contributed by atoms with Crippen LogP contribution >= 0.6 is 27.5 Å². The molecule has 0 bridgehead atoms. The highest BCUT2D eigenvalue weighted by Crippen LogP contribution is 2.26. The Balaban J connectivity index is 1.73. The van der Waals surface area contributed by atoms with Gasteiger partial charge in [-0.1, -0.05) is 48.9 Å². The number of hydrogen-bond donors (Lipinski definition) is 1. The summed E-state index contributed by atoms with van der Waals surface area (Å²) in [7, 11) is 0. The molecule has 1 atom stereocenters. The van der Waals surface area contributed by atoms with Gasteiger partial charge in [-0.3, -0.25) is 4.79 Å². The normalized spacial score (nSPS) is 12.0. The Bertz CT molecular complexity index is 913. The van der Waals surface area contributed by atoms with Gasteiger partial charge in [0.25, 0.3) is 5.91 Å². The Morgan fingerprint density at radius 1 is 1.12 bits per heavy atom. The van der Waals surface area contributed by atoms with Crippen LogP contribution in [0.4, 0.5) is 5.69 Å². The summed E-state index contributed by atoms with van der Waals surface area (Å²) in [5.41, 5.74) is 0.638. The van der Waals surface area contributed by atoms with Crippen molar-refractivity contribution in [2.24, 2.45) is 0 Å². The third kappa shape index (κ3) is 4.33. The zero-order chi connectivity index (χ0) is 17.8. The Labute approximate surface area is 160 Å². The minimum atomic E-state index is -0.580. The molecule has 0 unspecified atom stereocenters. The van der Waals surface area contributed by atoms with Crippen molar-refractivity contribution in [3.8, 4) is 5.75 Å². The van der Waals surface area contributed by atoms with E-state index in [1.165, 1.54) is 0 Å². The van der Waals surface area contributed by atoms with Crippen molar-refractivity contribution >= 4 is 49.9 Å². The summed E-state index contributed by atoms with van der Waals surface area (Å²) in [5, 5.41) is 5.61. The second-order valence-electron chi connectivity index (χ2n) is 5.64. The molecule has 128 valence electrons. The van der Waals surface area contributed by atoms with Crippen molar-refractivity contribution < 1.29 is 9.53 Å². The molecule has 0 saturated heterocycles. The van der Waals surface area contributed by atoms with Gasteiger partial charge in [-0.05, 0) is 63.5 Å². The highest BCUT2D eigenvalue weighted by molar-refractivity contribution is 9.10. The molecule has 3 aromatic rings. The van der Waals surface area contributed by atoms with Crippen LogP contribution in [0.3, 0.4) is 0 Å². The van der Waals surface area contributed by atoms with E-state index in [-0.39, 0.29) is 5.91 Å². The van der Waals surface area contributed by atoms with Gasteiger partial charge >= 0.3 is 0 Å². The smallest absolute Gasteiger partial charge is 0.265 e. The van der Waals surface area contributed by atoms with Crippen LogP contribution in [-0.2, 0) is 4.79 Å². The van der Waals surface area contributed by atoms with Crippen LogP contribution in [0.1, 0.15) is 13.3 Å². The second kappa shape index (κ2) is 7.89. The maximum absolute atomic E-state index is 12.5. The summed E-state index contributed by atoms with van der Waals surface area (Å²) in [4.78, 5) is 12.5. The topological polar surface area (TPSA) is 38.3 Å². The molecular formula is C20H17BrClNO2. The minimum absolute atomic E-state index is 0.200. The summed E-state index contributed by atoms with van der Waals surface area (Å²) in [6.45, 7) is 1.92. The molecule has 0 heterocycles. The van der Waals surface area contributed by atoms with Crippen molar-refractivity contribution in [1.29, 1.82) is 0 Å². The number of halogens is 2. The molecule has 5 heteroatoms. The number of carbonyl (C=O) groups excluding carboxylic acids is 1. The van der Waals surface area contributed by atoms with Crippen LogP contribution in [0, 0.1) is 0 Å².